The molecule has 0 aliphatic heterocycles. The summed E-state index contributed by atoms with van der Waals surface area (Å²) in [7, 11) is -3.56. The Morgan fingerprint density at radius 3 is 1.95 bits per heavy atom. The Balaban J connectivity index is 2.90. The second-order valence-corrected chi connectivity index (χ2v) is 8.75. The van der Waals surface area contributed by atoms with Gasteiger partial charge in [-0.15, -0.1) is 0 Å². The van der Waals surface area contributed by atoms with Gasteiger partial charge in [0.1, 0.15) is 0 Å². The summed E-state index contributed by atoms with van der Waals surface area (Å²) in [5.41, 5.74) is -0.420. The summed E-state index contributed by atoms with van der Waals surface area (Å²) in [5, 5.41) is 2.81. The van der Waals surface area contributed by atoms with Gasteiger partial charge >= 0.3 is 0 Å². The number of nitrogens with one attached hydrogen (secondary N) is 2. The number of rotatable bonds is 5. The largest absolute Gasteiger partial charge is 0.326 e. The molecule has 0 bridgehead atoms. The molecule has 124 valence electrons. The fraction of sp³-hybridized carbons (Fsp3) is 0.562. The third-order valence-corrected chi connectivity index (χ3v) is 5.14. The summed E-state index contributed by atoms with van der Waals surface area (Å²) in [5.74, 6) is -0.0848. The molecule has 1 aromatic carbocycles. The van der Waals surface area contributed by atoms with Gasteiger partial charge in [0.2, 0.25) is 15.9 Å². The van der Waals surface area contributed by atoms with Gasteiger partial charge in [0, 0.05) is 16.6 Å². The summed E-state index contributed by atoms with van der Waals surface area (Å²) >= 11 is 0. The van der Waals surface area contributed by atoms with Gasteiger partial charge in [0.15, 0.2) is 0 Å². The second kappa shape index (κ2) is 6.38. The van der Waals surface area contributed by atoms with E-state index in [1.807, 2.05) is 20.8 Å². The van der Waals surface area contributed by atoms with Crippen LogP contribution in [0.3, 0.4) is 0 Å². The van der Waals surface area contributed by atoms with E-state index in [0.717, 1.165) is 6.42 Å². The molecule has 0 saturated carbocycles. The van der Waals surface area contributed by atoms with Crippen LogP contribution in [0.2, 0.25) is 0 Å². The van der Waals surface area contributed by atoms with E-state index < -0.39 is 21.0 Å². The number of anilines is 1. The molecule has 6 heteroatoms. The highest BCUT2D eigenvalue weighted by molar-refractivity contribution is 7.89. The lowest BCUT2D eigenvalue weighted by Crippen LogP contribution is -2.40. The Labute approximate surface area is 133 Å². The Hall–Kier alpha value is -1.40. The van der Waals surface area contributed by atoms with Crippen LogP contribution >= 0.6 is 0 Å². The topological polar surface area (TPSA) is 75.3 Å². The zero-order valence-electron chi connectivity index (χ0n) is 14.1. The van der Waals surface area contributed by atoms with Gasteiger partial charge in [0.05, 0.1) is 4.90 Å². The second-order valence-electron chi connectivity index (χ2n) is 7.07. The molecule has 1 rings (SSSR count). The van der Waals surface area contributed by atoms with Crippen LogP contribution in [0, 0.1) is 5.41 Å². The van der Waals surface area contributed by atoms with E-state index in [9.17, 15) is 13.2 Å². The Kier molecular flexibility index (Phi) is 5.41. The fourth-order valence-corrected chi connectivity index (χ4v) is 3.06. The molecule has 22 heavy (non-hydrogen) atoms. The molecule has 0 unspecified atom stereocenters. The standard InChI is InChI=1S/C16H26N2O3S/c1-7-16(5,6)14(19)17-12-8-10-13(11-9-12)22(20,21)18-15(2,3)4/h8-11,18H,7H2,1-6H3,(H,17,19). The number of hydrogen-bond acceptors (Lipinski definition) is 3. The van der Waals surface area contributed by atoms with Crippen molar-refractivity contribution in [1.82, 2.24) is 4.72 Å². The number of carbonyl (C=O) groups excluding carboxylic acids is 1. The van der Waals surface area contributed by atoms with Crippen LogP contribution in [-0.2, 0) is 14.8 Å². The normalized spacial score (nSPS) is 13.0. The van der Waals surface area contributed by atoms with Crippen LogP contribution in [0.5, 0.6) is 0 Å². The van der Waals surface area contributed by atoms with E-state index in [-0.39, 0.29) is 10.8 Å². The lowest BCUT2D eigenvalue weighted by atomic mass is 9.89. The lowest BCUT2D eigenvalue weighted by Gasteiger charge is -2.22. The molecule has 0 heterocycles. The third-order valence-electron chi connectivity index (χ3n) is 3.36. The molecule has 0 aliphatic rings. The number of benzene rings is 1. The van der Waals surface area contributed by atoms with Crippen molar-refractivity contribution in [3.63, 3.8) is 0 Å². The molecular formula is C16H26N2O3S. The molecule has 0 aromatic heterocycles. The van der Waals surface area contributed by atoms with Crippen LogP contribution in [-0.4, -0.2) is 19.9 Å². The molecule has 0 atom stereocenters. The molecule has 0 fully saturated rings. The number of amides is 1. The van der Waals surface area contributed by atoms with Gasteiger partial charge in [0.25, 0.3) is 0 Å². The maximum atomic E-state index is 12.2. The van der Waals surface area contributed by atoms with Crippen LogP contribution < -0.4 is 10.0 Å². The van der Waals surface area contributed by atoms with Crippen molar-refractivity contribution in [3.05, 3.63) is 24.3 Å². The minimum Gasteiger partial charge on any atom is -0.326 e. The molecule has 1 aromatic rings. The maximum Gasteiger partial charge on any atom is 0.241 e. The smallest absolute Gasteiger partial charge is 0.241 e. The van der Waals surface area contributed by atoms with Crippen molar-refractivity contribution < 1.29 is 13.2 Å². The van der Waals surface area contributed by atoms with E-state index >= 15 is 0 Å². The SMILES string of the molecule is CCC(C)(C)C(=O)Nc1ccc(S(=O)(=O)NC(C)(C)C)cc1. The van der Waals surface area contributed by atoms with Gasteiger partial charge in [-0.1, -0.05) is 20.8 Å². The number of hydrogen-bond donors (Lipinski definition) is 2. The Morgan fingerprint density at radius 1 is 1.05 bits per heavy atom. The predicted octanol–water partition coefficient (Wildman–Crippen LogP) is 3.14. The first-order chi connectivity index (χ1) is 9.87. The quantitative estimate of drug-likeness (QED) is 0.873. The van der Waals surface area contributed by atoms with Gasteiger partial charge in [-0.2, -0.15) is 0 Å². The minimum atomic E-state index is -3.56. The summed E-state index contributed by atoms with van der Waals surface area (Å²) in [4.78, 5) is 12.3. The first kappa shape index (κ1) is 18.6. The van der Waals surface area contributed by atoms with Crippen LogP contribution in [0.15, 0.2) is 29.2 Å². The molecule has 0 radical (unpaired) electrons. The maximum absolute atomic E-state index is 12.2. The minimum absolute atomic E-state index is 0.0848. The first-order valence-electron chi connectivity index (χ1n) is 7.33. The van der Waals surface area contributed by atoms with E-state index in [0.29, 0.717) is 5.69 Å². The average molecular weight is 326 g/mol. The summed E-state index contributed by atoms with van der Waals surface area (Å²) in [6.07, 6.45) is 0.723. The molecule has 0 aliphatic carbocycles. The summed E-state index contributed by atoms with van der Waals surface area (Å²) < 4.78 is 27.0. The highest BCUT2D eigenvalue weighted by Crippen LogP contribution is 2.23. The van der Waals surface area contributed by atoms with E-state index in [1.165, 1.54) is 12.1 Å². The van der Waals surface area contributed by atoms with Crippen LogP contribution in [0.4, 0.5) is 5.69 Å². The zero-order valence-corrected chi connectivity index (χ0v) is 15.0. The molecule has 2 N–H and O–H groups in total. The van der Waals surface area contributed by atoms with Gasteiger partial charge in [-0.3, -0.25) is 4.79 Å². The van der Waals surface area contributed by atoms with Gasteiger partial charge in [-0.05, 0) is 51.5 Å². The van der Waals surface area contributed by atoms with Gasteiger partial charge in [-0.25, -0.2) is 13.1 Å². The first-order valence-corrected chi connectivity index (χ1v) is 8.81. The van der Waals surface area contributed by atoms with Crippen molar-refractivity contribution in [3.8, 4) is 0 Å². The lowest BCUT2D eigenvalue weighted by molar-refractivity contribution is -0.124. The van der Waals surface area contributed by atoms with E-state index in [4.69, 9.17) is 0 Å². The van der Waals surface area contributed by atoms with E-state index in [1.54, 1.807) is 32.9 Å². The van der Waals surface area contributed by atoms with Crippen LogP contribution in [0.1, 0.15) is 48.0 Å². The zero-order chi connectivity index (χ0) is 17.2. The van der Waals surface area contributed by atoms with Crippen molar-refractivity contribution in [2.24, 2.45) is 5.41 Å². The molecule has 1 amide bonds. The van der Waals surface area contributed by atoms with Crippen molar-refractivity contribution in [1.29, 1.82) is 0 Å². The Bertz CT molecular complexity index is 626. The fourth-order valence-electron chi connectivity index (χ4n) is 1.64. The molecular weight excluding hydrogens is 300 g/mol. The number of sulfonamides is 1. The average Bonchev–Trinajstić information content (AvgIpc) is 2.36. The molecule has 0 spiro atoms. The predicted molar refractivity (Wildman–Crippen MR) is 89.2 cm³/mol. The number of carbonyl (C=O) groups is 1. The highest BCUT2D eigenvalue weighted by Gasteiger charge is 2.25. The van der Waals surface area contributed by atoms with Gasteiger partial charge < -0.3 is 5.32 Å². The van der Waals surface area contributed by atoms with Crippen molar-refractivity contribution >= 4 is 21.6 Å². The summed E-state index contributed by atoms with van der Waals surface area (Å²) in [6, 6.07) is 6.17. The molecule has 5 nitrogen and oxygen atoms in total. The summed E-state index contributed by atoms with van der Waals surface area (Å²) in [6.45, 7) is 11.0. The van der Waals surface area contributed by atoms with Crippen LogP contribution in [0.25, 0.3) is 0 Å². The molecule has 0 saturated heterocycles. The van der Waals surface area contributed by atoms with E-state index in [2.05, 4.69) is 10.0 Å². The Morgan fingerprint density at radius 2 is 1.55 bits per heavy atom. The highest BCUT2D eigenvalue weighted by atomic mass is 32.2. The van der Waals surface area contributed by atoms with Crippen molar-refractivity contribution in [2.75, 3.05) is 5.32 Å². The third kappa shape index (κ3) is 5.10. The van der Waals surface area contributed by atoms with Crippen molar-refractivity contribution in [2.45, 2.75) is 58.4 Å². The monoisotopic (exact) mass is 326 g/mol.